The van der Waals surface area contributed by atoms with Gasteiger partial charge in [0.25, 0.3) is 0 Å². The van der Waals surface area contributed by atoms with Gasteiger partial charge >= 0.3 is 199 Å². The maximum absolute atomic E-state index is 6.76. The van der Waals surface area contributed by atoms with E-state index in [9.17, 15) is 0 Å². The second-order valence-electron chi connectivity index (χ2n) is 10.7. The van der Waals surface area contributed by atoms with Crippen LogP contribution in [0.5, 0.6) is 11.5 Å². The average Bonchev–Trinajstić information content (AvgIpc) is 2.77. The van der Waals surface area contributed by atoms with Crippen LogP contribution >= 0.6 is 0 Å². The molecule has 2 nitrogen and oxygen atoms in total. The van der Waals surface area contributed by atoms with Gasteiger partial charge in [-0.15, -0.1) is 0 Å². The predicted octanol–water partition coefficient (Wildman–Crippen LogP) is 7.21. The van der Waals surface area contributed by atoms with Gasteiger partial charge in [-0.05, 0) is 0 Å². The molecule has 0 saturated heterocycles. The quantitative estimate of drug-likeness (QED) is 0.134. The molecule has 3 heteroatoms. The Morgan fingerprint density at radius 2 is 1.55 bits per heavy atom. The van der Waals surface area contributed by atoms with Gasteiger partial charge < -0.3 is 0 Å². The number of rotatable bonds is 1. The van der Waals surface area contributed by atoms with Crippen LogP contribution < -0.4 is 13.7 Å². The third-order valence-electron chi connectivity index (χ3n) is 7.44. The monoisotopic (exact) mass is 494 g/mol. The van der Waals surface area contributed by atoms with Crippen molar-refractivity contribution < 1.29 is 9.30 Å². The molecular weight excluding hydrogens is 463 g/mol. The van der Waals surface area contributed by atoms with Crippen molar-refractivity contribution in [2.75, 3.05) is 0 Å². The van der Waals surface area contributed by atoms with Crippen molar-refractivity contribution in [3.8, 4) is 22.8 Å². The third kappa shape index (κ3) is 2.90. The maximum atomic E-state index is 6.76. The van der Waals surface area contributed by atoms with Crippen molar-refractivity contribution in [3.63, 3.8) is 0 Å². The summed E-state index contributed by atoms with van der Waals surface area (Å²) in [6.45, 7) is 6.62. The molecule has 0 N–H and O–H groups in total. The zero-order valence-corrected chi connectivity index (χ0v) is 22.6. The van der Waals surface area contributed by atoms with Crippen molar-refractivity contribution in [2.45, 2.75) is 38.0 Å². The number of hydrogen-bond acceptors (Lipinski definition) is 1. The standard InChI is InChI=1S/C30H30GeNO/c1-17-8-11-22-19(3)30-27(18(2)24(22)14-17)29-28-23(12-13-32(29)7)25-16-21(31(4,5)6)10-9-20(25)15-26(28)33-30/h8-16H,1-7H3/q+1. The molecule has 0 fully saturated rings. The van der Waals surface area contributed by atoms with Crippen LogP contribution in [-0.2, 0) is 7.05 Å². The summed E-state index contributed by atoms with van der Waals surface area (Å²) < 4.78 is 10.6. The fourth-order valence-corrected chi connectivity index (χ4v) is 7.97. The van der Waals surface area contributed by atoms with E-state index in [2.05, 4.69) is 104 Å². The van der Waals surface area contributed by atoms with E-state index in [0.717, 1.165) is 11.5 Å². The van der Waals surface area contributed by atoms with E-state index in [-0.39, 0.29) is 0 Å². The normalized spacial score (nSPS) is 12.9. The Balaban J connectivity index is 1.79. The van der Waals surface area contributed by atoms with Crippen molar-refractivity contribution >= 4 is 50.0 Å². The average molecular weight is 493 g/mol. The first-order valence-corrected chi connectivity index (χ1v) is 19.1. The first kappa shape index (κ1) is 20.7. The summed E-state index contributed by atoms with van der Waals surface area (Å²) in [4.78, 5) is 0. The van der Waals surface area contributed by atoms with Crippen molar-refractivity contribution in [1.29, 1.82) is 0 Å². The fourth-order valence-electron chi connectivity index (χ4n) is 5.53. The Labute approximate surface area is 198 Å². The van der Waals surface area contributed by atoms with Crippen molar-refractivity contribution in [3.05, 3.63) is 71.4 Å². The molecule has 1 aliphatic rings. The number of aryl methyl sites for hydroxylation is 4. The molecule has 0 aliphatic carbocycles. The summed E-state index contributed by atoms with van der Waals surface area (Å²) in [5, 5.41) is 7.70. The van der Waals surface area contributed by atoms with Crippen LogP contribution in [0.3, 0.4) is 0 Å². The Kier molecular flexibility index (Phi) is 4.29. The molecule has 5 aromatic rings. The van der Waals surface area contributed by atoms with Crippen LogP contribution in [0.1, 0.15) is 16.7 Å². The van der Waals surface area contributed by atoms with Gasteiger partial charge in [0.2, 0.25) is 0 Å². The van der Waals surface area contributed by atoms with E-state index in [4.69, 9.17) is 4.74 Å². The molecule has 0 bridgehead atoms. The van der Waals surface area contributed by atoms with Crippen LogP contribution in [0.2, 0.25) is 17.3 Å². The van der Waals surface area contributed by atoms with E-state index in [0.29, 0.717) is 0 Å². The topological polar surface area (TPSA) is 13.1 Å². The number of hydrogen-bond donors (Lipinski definition) is 0. The predicted molar refractivity (Wildman–Crippen MR) is 143 cm³/mol. The molecule has 0 saturated carbocycles. The molecule has 6 rings (SSSR count). The number of pyridine rings is 1. The summed E-state index contributed by atoms with van der Waals surface area (Å²) in [7, 11) is 2.16. The van der Waals surface area contributed by atoms with Crippen LogP contribution in [0, 0.1) is 20.8 Å². The molecule has 4 aromatic carbocycles. The molecular formula is C30H30GeNO+. The van der Waals surface area contributed by atoms with Crippen LogP contribution in [-0.4, -0.2) is 13.3 Å². The van der Waals surface area contributed by atoms with Crippen LogP contribution in [0.15, 0.2) is 54.7 Å². The van der Waals surface area contributed by atoms with E-state index < -0.39 is 13.3 Å². The SMILES string of the molecule is Cc1ccc2c(C)c3c(c(C)c2c1)-c1c2c(cc4cc[c]([Ge]([CH3])([CH3])[CH3])cc4c2cc[n+]1C)O3. The summed E-state index contributed by atoms with van der Waals surface area (Å²) in [5.41, 5.74) is 6.29. The number of fused-ring (bicyclic) bond motifs is 5. The van der Waals surface area contributed by atoms with Gasteiger partial charge in [-0.3, -0.25) is 0 Å². The second kappa shape index (κ2) is 6.83. The van der Waals surface area contributed by atoms with E-state index in [1.54, 1.807) is 4.40 Å². The van der Waals surface area contributed by atoms with Gasteiger partial charge in [-0.1, -0.05) is 0 Å². The Morgan fingerprint density at radius 1 is 0.758 bits per heavy atom. The van der Waals surface area contributed by atoms with Crippen LogP contribution in [0.25, 0.3) is 43.6 Å². The molecule has 33 heavy (non-hydrogen) atoms. The zero-order chi connectivity index (χ0) is 23.2. The number of ether oxygens (including phenoxy) is 1. The molecule has 0 unspecified atom stereocenters. The number of nitrogens with zero attached hydrogens (tertiary/aromatic N) is 1. The zero-order valence-electron chi connectivity index (χ0n) is 20.6. The summed E-state index contributed by atoms with van der Waals surface area (Å²) in [6.07, 6.45) is 2.22. The van der Waals surface area contributed by atoms with Gasteiger partial charge in [0.1, 0.15) is 0 Å². The summed E-state index contributed by atoms with van der Waals surface area (Å²) in [6, 6.07) is 18.4. The van der Waals surface area contributed by atoms with E-state index in [1.165, 1.54) is 60.3 Å². The Morgan fingerprint density at radius 3 is 2.30 bits per heavy atom. The van der Waals surface area contributed by atoms with E-state index in [1.807, 2.05) is 0 Å². The molecule has 0 spiro atoms. The first-order chi connectivity index (χ1) is 15.6. The molecule has 0 atom stereocenters. The Bertz CT molecular complexity index is 1660. The Hall–Kier alpha value is -2.85. The molecule has 2 heterocycles. The third-order valence-corrected chi connectivity index (χ3v) is 11.7. The second-order valence-corrected chi connectivity index (χ2v) is 21.4. The number of aromatic nitrogens is 1. The number of benzene rings is 4. The summed E-state index contributed by atoms with van der Waals surface area (Å²) in [5.74, 6) is 9.36. The van der Waals surface area contributed by atoms with Gasteiger partial charge in [0.15, 0.2) is 0 Å². The molecule has 1 aromatic heterocycles. The van der Waals surface area contributed by atoms with E-state index >= 15 is 0 Å². The minimum atomic E-state index is -1.95. The fraction of sp³-hybridized carbons (Fsp3) is 0.233. The summed E-state index contributed by atoms with van der Waals surface area (Å²) >= 11 is -1.95. The van der Waals surface area contributed by atoms with Gasteiger partial charge in [0, 0.05) is 0 Å². The molecule has 164 valence electrons. The first-order valence-electron chi connectivity index (χ1n) is 11.8. The molecule has 0 radical (unpaired) electrons. The van der Waals surface area contributed by atoms with Crippen molar-refractivity contribution in [2.24, 2.45) is 7.05 Å². The van der Waals surface area contributed by atoms with Crippen LogP contribution in [0.4, 0.5) is 0 Å². The minimum absolute atomic E-state index is 0.968. The van der Waals surface area contributed by atoms with Gasteiger partial charge in [0.05, 0.1) is 0 Å². The van der Waals surface area contributed by atoms with Gasteiger partial charge in [-0.25, -0.2) is 0 Å². The molecule has 0 amide bonds. The van der Waals surface area contributed by atoms with Gasteiger partial charge in [-0.2, -0.15) is 0 Å². The molecule has 1 aliphatic heterocycles. The van der Waals surface area contributed by atoms with Crippen molar-refractivity contribution in [1.82, 2.24) is 0 Å².